The van der Waals surface area contributed by atoms with Gasteiger partial charge in [0.05, 0.1) is 17.7 Å². The number of nitrogens with one attached hydrogen (secondary N) is 2. The first kappa shape index (κ1) is 35.7. The first-order valence-electron chi connectivity index (χ1n) is 14.7. The van der Waals surface area contributed by atoms with E-state index in [1.165, 1.54) is 12.0 Å². The van der Waals surface area contributed by atoms with E-state index in [4.69, 9.17) is 31.9 Å². The highest BCUT2D eigenvalue weighted by Gasteiger charge is 2.75. The van der Waals surface area contributed by atoms with Crippen molar-refractivity contribution >= 4 is 83.4 Å². The molecule has 0 radical (unpaired) electrons. The van der Waals surface area contributed by atoms with Crippen molar-refractivity contribution in [2.75, 3.05) is 20.3 Å². The molecule has 2 aliphatic heterocycles. The van der Waals surface area contributed by atoms with Crippen LogP contribution in [0.5, 0.6) is 0 Å². The summed E-state index contributed by atoms with van der Waals surface area (Å²) < 4.78 is 21.1. The van der Waals surface area contributed by atoms with E-state index in [9.17, 15) is 14.4 Å². The number of hydrogen-bond donors (Lipinski definition) is 3. The molecule has 11 nitrogen and oxygen atoms in total. The number of carbonyl (C=O) groups is 3. The van der Waals surface area contributed by atoms with Crippen molar-refractivity contribution in [2.45, 2.75) is 95.0 Å². The lowest BCUT2D eigenvalue weighted by atomic mass is 9.76. The van der Waals surface area contributed by atoms with Crippen molar-refractivity contribution in [3.8, 4) is 0 Å². The number of rotatable bonds is 9. The maximum absolute atomic E-state index is 14.6. The molecule has 16 heteroatoms. The third-order valence-corrected chi connectivity index (χ3v) is 18.0. The van der Waals surface area contributed by atoms with Gasteiger partial charge >= 0.3 is 5.97 Å². The molecule has 1 aromatic rings. The van der Waals surface area contributed by atoms with Crippen LogP contribution in [0.3, 0.4) is 0 Å². The summed E-state index contributed by atoms with van der Waals surface area (Å²) >= 11 is 12.5. The van der Waals surface area contributed by atoms with E-state index in [0.29, 0.717) is 21.4 Å². The zero-order chi connectivity index (χ0) is 33.2. The van der Waals surface area contributed by atoms with E-state index in [0.717, 1.165) is 6.04 Å². The van der Waals surface area contributed by atoms with Gasteiger partial charge in [-0.25, -0.2) is 0 Å². The molecule has 0 unspecified atom stereocenters. The largest absolute Gasteiger partial charge is 0.468 e. The minimum atomic E-state index is -2.37. The van der Waals surface area contributed by atoms with Crippen LogP contribution in [0, 0.1) is 11.8 Å². The van der Waals surface area contributed by atoms with E-state index in [1.54, 1.807) is 10.6 Å². The molecule has 2 saturated heterocycles. The van der Waals surface area contributed by atoms with Crippen molar-refractivity contribution in [1.82, 2.24) is 20.1 Å². The van der Waals surface area contributed by atoms with E-state index in [2.05, 4.69) is 96.0 Å². The molecule has 0 bridgehead atoms. The fourth-order valence-corrected chi connectivity index (χ4v) is 9.51. The molecule has 3 aliphatic rings. The number of carbonyl (C=O) groups excluding carboxylic acids is 3. The van der Waals surface area contributed by atoms with Crippen molar-refractivity contribution in [1.29, 1.82) is 0 Å². The average Bonchev–Trinajstić information content (AvgIpc) is 3.57. The standard InChI is InChI=1S/C28H45Br2N5O6SSi2/c1-26(2,3)44(8,9)41-19-13-27(31,24(38)39-4)20-16(19)14-35(28(20)23(37)32-25(42)33-28)22(36)18-12-17(29)21(30)34(18)15-40-10-11-43(5,6)7/h12,16,19-20H,10-11,13-15,31H2,1-9H3,(H2,32,33,37,42)/t16-,19+,20-,27+,28-/m1/s1. The molecule has 2 amide bonds. The topological polar surface area (TPSA) is 137 Å². The number of likely N-dealkylation sites (tertiary alicyclic amines) is 1. The molecule has 1 aromatic heterocycles. The Labute approximate surface area is 284 Å². The molecular weight excluding hydrogens is 750 g/mol. The lowest BCUT2D eigenvalue weighted by Gasteiger charge is -2.41. The number of halogens is 2. The smallest absolute Gasteiger partial charge is 0.326 e. The van der Waals surface area contributed by atoms with Crippen LogP contribution in [-0.4, -0.2) is 86.3 Å². The van der Waals surface area contributed by atoms with E-state index >= 15 is 0 Å². The van der Waals surface area contributed by atoms with Gasteiger partial charge in [-0.1, -0.05) is 40.4 Å². The van der Waals surface area contributed by atoms with Crippen LogP contribution in [0.15, 0.2) is 15.1 Å². The summed E-state index contributed by atoms with van der Waals surface area (Å²) in [5.74, 6) is -2.99. The summed E-state index contributed by atoms with van der Waals surface area (Å²) in [6.07, 6.45) is -0.357. The first-order valence-corrected chi connectivity index (χ1v) is 23.3. The second-order valence-corrected chi connectivity index (χ2v) is 27.2. The molecule has 5 atom stereocenters. The van der Waals surface area contributed by atoms with Crippen LogP contribution in [0.2, 0.25) is 43.8 Å². The van der Waals surface area contributed by atoms with Gasteiger partial charge in [0.2, 0.25) is 5.66 Å². The van der Waals surface area contributed by atoms with E-state index < -0.39 is 63.3 Å². The Morgan fingerprint density at radius 2 is 1.84 bits per heavy atom. The molecule has 4 N–H and O–H groups in total. The van der Waals surface area contributed by atoms with Gasteiger partial charge in [0.25, 0.3) is 11.8 Å². The predicted molar refractivity (Wildman–Crippen MR) is 184 cm³/mol. The fraction of sp³-hybridized carbons (Fsp3) is 0.714. The average molecular weight is 796 g/mol. The van der Waals surface area contributed by atoms with Gasteiger partial charge in [0.15, 0.2) is 13.4 Å². The number of hydrogen-bond acceptors (Lipinski definition) is 8. The number of methoxy groups -OCH3 is 1. The van der Waals surface area contributed by atoms with E-state index in [1.807, 2.05) is 0 Å². The first-order chi connectivity index (χ1) is 20.1. The molecule has 3 fully saturated rings. The summed E-state index contributed by atoms with van der Waals surface area (Å²) in [6, 6.07) is 2.67. The van der Waals surface area contributed by atoms with Gasteiger partial charge < -0.3 is 34.4 Å². The van der Waals surface area contributed by atoms with Gasteiger partial charge in [0, 0.05) is 39.5 Å². The second-order valence-electron chi connectivity index (χ2n) is 14.8. The highest BCUT2D eigenvalue weighted by Crippen LogP contribution is 2.55. The fourth-order valence-electron chi connectivity index (χ4n) is 6.30. The van der Waals surface area contributed by atoms with E-state index in [-0.39, 0.29) is 29.8 Å². The third kappa shape index (κ3) is 6.13. The second kappa shape index (κ2) is 12.1. The molecule has 4 rings (SSSR count). The maximum Gasteiger partial charge on any atom is 0.326 e. The summed E-state index contributed by atoms with van der Waals surface area (Å²) in [7, 11) is -2.42. The van der Waals surface area contributed by atoms with Crippen LogP contribution >= 0.6 is 44.1 Å². The van der Waals surface area contributed by atoms with Crippen LogP contribution in [0.1, 0.15) is 37.7 Å². The minimum Gasteiger partial charge on any atom is -0.468 e. The van der Waals surface area contributed by atoms with Crippen LogP contribution in [0.4, 0.5) is 0 Å². The summed E-state index contributed by atoms with van der Waals surface area (Å²) in [6.45, 7) is 18.3. The van der Waals surface area contributed by atoms with Crippen molar-refractivity contribution in [2.24, 2.45) is 17.6 Å². The lowest BCUT2D eigenvalue weighted by Crippen LogP contribution is -2.70. The minimum absolute atomic E-state index is 0.0573. The van der Waals surface area contributed by atoms with Crippen molar-refractivity contribution < 1.29 is 28.3 Å². The van der Waals surface area contributed by atoms with Gasteiger partial charge in [-0.3, -0.25) is 19.7 Å². The monoisotopic (exact) mass is 793 g/mol. The molecular formula is C28H45Br2N5O6SSi2. The van der Waals surface area contributed by atoms with Gasteiger partial charge in [0.1, 0.15) is 22.6 Å². The van der Waals surface area contributed by atoms with Gasteiger partial charge in [-0.05, 0) is 74.3 Å². The molecule has 1 aliphatic carbocycles. The lowest BCUT2D eigenvalue weighted by molar-refractivity contribution is -0.151. The summed E-state index contributed by atoms with van der Waals surface area (Å²) in [4.78, 5) is 43.5. The van der Waals surface area contributed by atoms with Gasteiger partial charge in [-0.2, -0.15) is 0 Å². The highest BCUT2D eigenvalue weighted by molar-refractivity contribution is 9.13. The number of aromatic nitrogens is 1. The number of esters is 1. The molecule has 3 heterocycles. The number of thiocarbonyl (C=S) groups is 1. The zero-order valence-electron chi connectivity index (χ0n) is 26.9. The maximum atomic E-state index is 14.6. The number of nitrogens with two attached hydrogens (primary N) is 1. The normalized spacial score (nSPS) is 28.8. The summed E-state index contributed by atoms with van der Waals surface area (Å²) in [5, 5.41) is 5.69. The number of amides is 2. The Bertz CT molecular complexity index is 1360. The van der Waals surface area contributed by atoms with Crippen LogP contribution in [-0.2, 0) is 30.2 Å². The molecule has 44 heavy (non-hydrogen) atoms. The Morgan fingerprint density at radius 3 is 2.36 bits per heavy atom. The highest BCUT2D eigenvalue weighted by atomic mass is 79.9. The molecule has 246 valence electrons. The van der Waals surface area contributed by atoms with Crippen molar-refractivity contribution in [3.05, 3.63) is 20.8 Å². The third-order valence-electron chi connectivity index (χ3n) is 9.63. The molecule has 1 spiro atoms. The predicted octanol–water partition coefficient (Wildman–Crippen LogP) is 4.38. The van der Waals surface area contributed by atoms with Gasteiger partial charge in [-0.15, -0.1) is 0 Å². The van der Waals surface area contributed by atoms with Crippen LogP contribution in [0.25, 0.3) is 0 Å². The zero-order valence-corrected chi connectivity index (χ0v) is 32.9. The quantitative estimate of drug-likeness (QED) is 0.144. The SMILES string of the molecule is COC(=O)[C@]1(N)C[C@H](O[Si](C)(C)C(C)(C)C)[C@H]2CN(C(=O)c3cc(Br)c(Br)n3COCC[Si](C)(C)C)[C@]3(NC(=S)NC3=O)[C@H]21. The Morgan fingerprint density at radius 1 is 1.20 bits per heavy atom. The Kier molecular flexibility index (Phi) is 9.85. The van der Waals surface area contributed by atoms with Crippen molar-refractivity contribution in [3.63, 3.8) is 0 Å². The number of ether oxygens (including phenoxy) is 2. The molecule has 1 saturated carbocycles. The Balaban J connectivity index is 1.79. The summed E-state index contributed by atoms with van der Waals surface area (Å²) in [5.41, 5.74) is 3.91. The molecule has 0 aromatic carbocycles. The van der Waals surface area contributed by atoms with Crippen LogP contribution < -0.4 is 16.4 Å². The number of fused-ring (bicyclic) bond motifs is 2. The Hall–Kier alpha value is -1.15. The number of nitrogens with zero attached hydrogens (tertiary/aromatic N) is 2.